The smallest absolute Gasteiger partial charge is 0.269 e. The van der Waals surface area contributed by atoms with E-state index in [1.54, 1.807) is 24.1 Å². The maximum Gasteiger partial charge on any atom is 0.269 e. The van der Waals surface area contributed by atoms with Crippen LogP contribution < -0.4 is 0 Å². The molecule has 1 atom stereocenters. The van der Waals surface area contributed by atoms with Crippen LogP contribution in [0.2, 0.25) is 0 Å². The van der Waals surface area contributed by atoms with Crippen molar-refractivity contribution >= 4 is 23.4 Å². The van der Waals surface area contributed by atoms with Crippen LogP contribution in [0.1, 0.15) is 23.9 Å². The molecule has 0 bridgehead atoms. The number of hydrogen-bond donors (Lipinski definition) is 0. The number of carbonyl (C=O) groups excluding carboxylic acids is 1. The number of amides is 1. The van der Waals surface area contributed by atoms with E-state index in [0.29, 0.717) is 6.54 Å². The van der Waals surface area contributed by atoms with E-state index in [-0.39, 0.29) is 16.8 Å². The molecule has 0 spiro atoms. The highest BCUT2D eigenvalue weighted by Gasteiger charge is 2.22. The summed E-state index contributed by atoms with van der Waals surface area (Å²) in [4.78, 5) is 25.8. The lowest BCUT2D eigenvalue weighted by atomic mass is 10.2. The second-order valence-electron chi connectivity index (χ2n) is 7.10. The zero-order valence-corrected chi connectivity index (χ0v) is 18.2. The lowest BCUT2D eigenvalue weighted by Gasteiger charge is -2.21. The van der Waals surface area contributed by atoms with Gasteiger partial charge < -0.3 is 4.90 Å². The molecule has 0 saturated heterocycles. The molecule has 30 heavy (non-hydrogen) atoms. The molecule has 2 aromatic carbocycles. The van der Waals surface area contributed by atoms with E-state index in [0.717, 1.165) is 27.5 Å². The SMILES string of the molecule is Cc1nn(-c2ccccc2)c(C)c1CN(C)C(=O)[C@@H](C)Sc1ccc([N+](=O)[O-])cc1. The Morgan fingerprint density at radius 2 is 1.80 bits per heavy atom. The van der Waals surface area contributed by atoms with Crippen LogP contribution in [0.4, 0.5) is 5.69 Å². The molecule has 0 aliphatic rings. The number of carbonyl (C=O) groups is 1. The van der Waals surface area contributed by atoms with Crippen LogP contribution in [-0.4, -0.2) is 37.8 Å². The van der Waals surface area contributed by atoms with Gasteiger partial charge in [0.05, 0.1) is 21.6 Å². The minimum Gasteiger partial charge on any atom is -0.340 e. The Kier molecular flexibility index (Phi) is 6.56. The second-order valence-corrected chi connectivity index (χ2v) is 8.52. The first-order chi connectivity index (χ1) is 14.3. The van der Waals surface area contributed by atoms with Gasteiger partial charge in [0.1, 0.15) is 0 Å². The molecule has 0 radical (unpaired) electrons. The number of aromatic nitrogens is 2. The normalized spacial score (nSPS) is 11.9. The molecule has 3 aromatic rings. The van der Waals surface area contributed by atoms with Crippen molar-refractivity contribution < 1.29 is 9.72 Å². The average Bonchev–Trinajstić information content (AvgIpc) is 3.02. The van der Waals surface area contributed by atoms with E-state index in [1.807, 2.05) is 55.8 Å². The van der Waals surface area contributed by atoms with Gasteiger partial charge in [0.25, 0.3) is 5.69 Å². The molecule has 0 unspecified atom stereocenters. The third kappa shape index (κ3) is 4.71. The summed E-state index contributed by atoms with van der Waals surface area (Å²) in [6.07, 6.45) is 0. The Hall–Kier alpha value is -3.13. The number of nitro benzene ring substituents is 1. The summed E-state index contributed by atoms with van der Waals surface area (Å²) in [5.41, 5.74) is 3.96. The zero-order chi connectivity index (χ0) is 21.8. The summed E-state index contributed by atoms with van der Waals surface area (Å²) < 4.78 is 1.90. The monoisotopic (exact) mass is 424 g/mol. The summed E-state index contributed by atoms with van der Waals surface area (Å²) in [7, 11) is 1.79. The predicted molar refractivity (Wildman–Crippen MR) is 118 cm³/mol. The van der Waals surface area contributed by atoms with Crippen molar-refractivity contribution in [1.82, 2.24) is 14.7 Å². The third-order valence-corrected chi connectivity index (χ3v) is 6.02. The van der Waals surface area contributed by atoms with E-state index in [9.17, 15) is 14.9 Å². The van der Waals surface area contributed by atoms with Gasteiger partial charge in [-0.15, -0.1) is 11.8 Å². The fourth-order valence-corrected chi connectivity index (χ4v) is 4.23. The number of hydrogen-bond acceptors (Lipinski definition) is 5. The number of thioether (sulfide) groups is 1. The summed E-state index contributed by atoms with van der Waals surface area (Å²) in [5.74, 6) is -0.00962. The lowest BCUT2D eigenvalue weighted by Crippen LogP contribution is -2.33. The van der Waals surface area contributed by atoms with Gasteiger partial charge in [0, 0.05) is 41.9 Å². The second kappa shape index (κ2) is 9.13. The van der Waals surface area contributed by atoms with Crippen molar-refractivity contribution in [3.05, 3.63) is 81.7 Å². The van der Waals surface area contributed by atoms with Crippen molar-refractivity contribution in [2.24, 2.45) is 0 Å². The van der Waals surface area contributed by atoms with Gasteiger partial charge in [-0.2, -0.15) is 5.10 Å². The summed E-state index contributed by atoms with van der Waals surface area (Å²) >= 11 is 1.39. The fraction of sp³-hybridized carbons (Fsp3) is 0.273. The molecule has 0 aliphatic carbocycles. The van der Waals surface area contributed by atoms with E-state index in [2.05, 4.69) is 5.10 Å². The van der Waals surface area contributed by atoms with Crippen LogP contribution in [0.5, 0.6) is 0 Å². The van der Waals surface area contributed by atoms with E-state index < -0.39 is 4.92 Å². The number of benzene rings is 2. The van der Waals surface area contributed by atoms with Gasteiger partial charge in [-0.05, 0) is 45.0 Å². The maximum absolute atomic E-state index is 12.9. The van der Waals surface area contributed by atoms with Crippen LogP contribution in [0.3, 0.4) is 0 Å². The largest absolute Gasteiger partial charge is 0.340 e. The highest BCUT2D eigenvalue weighted by atomic mass is 32.2. The number of para-hydroxylation sites is 1. The Morgan fingerprint density at radius 3 is 2.40 bits per heavy atom. The molecule has 0 N–H and O–H groups in total. The Bertz CT molecular complexity index is 1050. The highest BCUT2D eigenvalue weighted by Crippen LogP contribution is 2.27. The van der Waals surface area contributed by atoms with Gasteiger partial charge in [0.15, 0.2) is 0 Å². The van der Waals surface area contributed by atoms with Crippen molar-refractivity contribution in [3.8, 4) is 5.69 Å². The molecular weight excluding hydrogens is 400 g/mol. The van der Waals surface area contributed by atoms with Crippen LogP contribution in [0.15, 0.2) is 59.5 Å². The summed E-state index contributed by atoms with van der Waals surface area (Å²) in [6, 6.07) is 16.2. The minimum atomic E-state index is -0.433. The Labute approximate surface area is 179 Å². The summed E-state index contributed by atoms with van der Waals surface area (Å²) in [6.45, 7) is 6.28. The number of aryl methyl sites for hydroxylation is 1. The van der Waals surface area contributed by atoms with Gasteiger partial charge in [-0.25, -0.2) is 4.68 Å². The summed E-state index contributed by atoms with van der Waals surface area (Å²) in [5, 5.41) is 15.1. The van der Waals surface area contributed by atoms with E-state index in [4.69, 9.17) is 0 Å². The molecule has 0 fully saturated rings. The standard InChI is InChI=1S/C22H24N4O3S/c1-15-21(16(2)25(23-15)18-8-6-5-7-9-18)14-24(4)22(27)17(3)30-20-12-10-19(11-13-20)26(28)29/h5-13,17H,14H2,1-4H3/t17-/m1/s1. The Morgan fingerprint density at radius 1 is 1.17 bits per heavy atom. The zero-order valence-electron chi connectivity index (χ0n) is 17.4. The van der Waals surface area contributed by atoms with Gasteiger partial charge >= 0.3 is 0 Å². The quantitative estimate of drug-likeness (QED) is 0.316. The number of nitrogens with zero attached hydrogens (tertiary/aromatic N) is 4. The molecule has 0 aliphatic heterocycles. The first-order valence-corrected chi connectivity index (χ1v) is 10.4. The van der Waals surface area contributed by atoms with Crippen LogP contribution in [0, 0.1) is 24.0 Å². The number of rotatable bonds is 7. The topological polar surface area (TPSA) is 81.3 Å². The highest BCUT2D eigenvalue weighted by molar-refractivity contribution is 8.00. The van der Waals surface area contributed by atoms with Crippen molar-refractivity contribution in [3.63, 3.8) is 0 Å². The van der Waals surface area contributed by atoms with Crippen LogP contribution in [-0.2, 0) is 11.3 Å². The first-order valence-electron chi connectivity index (χ1n) is 9.54. The van der Waals surface area contributed by atoms with E-state index >= 15 is 0 Å². The fourth-order valence-electron chi connectivity index (χ4n) is 3.25. The van der Waals surface area contributed by atoms with Gasteiger partial charge in [0.2, 0.25) is 5.91 Å². The van der Waals surface area contributed by atoms with Crippen molar-refractivity contribution in [1.29, 1.82) is 0 Å². The molecule has 1 aromatic heterocycles. The molecule has 3 rings (SSSR count). The van der Waals surface area contributed by atoms with Crippen molar-refractivity contribution in [2.75, 3.05) is 7.05 Å². The number of non-ortho nitro benzene ring substituents is 1. The molecule has 156 valence electrons. The molecule has 0 saturated carbocycles. The minimum absolute atomic E-state index is 0.00962. The van der Waals surface area contributed by atoms with Crippen LogP contribution >= 0.6 is 11.8 Å². The maximum atomic E-state index is 12.9. The Balaban J connectivity index is 1.69. The van der Waals surface area contributed by atoms with Gasteiger partial charge in [-0.1, -0.05) is 18.2 Å². The molecule has 8 heteroatoms. The first kappa shape index (κ1) is 21.6. The molecule has 1 amide bonds. The lowest BCUT2D eigenvalue weighted by molar-refractivity contribution is -0.384. The van der Waals surface area contributed by atoms with Gasteiger partial charge in [-0.3, -0.25) is 14.9 Å². The number of nitro groups is 1. The van der Waals surface area contributed by atoms with Crippen LogP contribution in [0.25, 0.3) is 5.69 Å². The third-order valence-electron chi connectivity index (χ3n) is 4.92. The van der Waals surface area contributed by atoms with E-state index in [1.165, 1.54) is 23.9 Å². The average molecular weight is 425 g/mol. The molecule has 7 nitrogen and oxygen atoms in total. The van der Waals surface area contributed by atoms with Crippen molar-refractivity contribution in [2.45, 2.75) is 37.5 Å². The predicted octanol–water partition coefficient (Wildman–Crippen LogP) is 4.54. The molecular formula is C22H24N4O3S. The molecule has 1 heterocycles.